The quantitative estimate of drug-likeness (QED) is 0.173. The van der Waals surface area contributed by atoms with Crippen LogP contribution in [-0.2, 0) is 10.8 Å². The minimum atomic E-state index is -0.0275. The van der Waals surface area contributed by atoms with Crippen LogP contribution in [0, 0.1) is 0 Å². The zero-order valence-electron chi connectivity index (χ0n) is 36.7. The molecule has 65 heavy (non-hydrogen) atoms. The first-order chi connectivity index (χ1) is 31.7. The molecule has 0 saturated heterocycles. The van der Waals surface area contributed by atoms with E-state index < -0.39 is 0 Å². The van der Waals surface area contributed by atoms with E-state index in [-0.39, 0.29) is 10.8 Å². The van der Waals surface area contributed by atoms with Crippen LogP contribution in [0.4, 0.5) is 0 Å². The lowest BCUT2D eigenvalue weighted by atomic mass is 9.63. The molecule has 7 heteroatoms. The zero-order valence-corrected chi connectivity index (χ0v) is 36.7. The summed E-state index contributed by atoms with van der Waals surface area (Å²) in [5, 5.41) is 6.97. The molecule has 13 rings (SSSR count). The highest BCUT2D eigenvalue weighted by Crippen LogP contribution is 2.50. The number of rotatable bonds is 5. The largest absolute Gasteiger partial charge is 0.436 e. The lowest BCUT2D eigenvalue weighted by molar-refractivity contribution is 0.332. The van der Waals surface area contributed by atoms with Gasteiger partial charge in [0.15, 0.2) is 17.2 Å². The van der Waals surface area contributed by atoms with Crippen LogP contribution in [0.1, 0.15) is 51.7 Å². The summed E-state index contributed by atoms with van der Waals surface area (Å²) in [6.45, 7) is 9.60. The highest BCUT2D eigenvalue weighted by molar-refractivity contribution is 6.24. The maximum Gasteiger partial charge on any atom is 0.238 e. The minimum absolute atomic E-state index is 0.0137. The van der Waals surface area contributed by atoms with Gasteiger partial charge < -0.3 is 8.98 Å². The first-order valence-electron chi connectivity index (χ1n) is 22.5. The van der Waals surface area contributed by atoms with Gasteiger partial charge in [-0.15, -0.1) is 0 Å². The third-order valence-corrected chi connectivity index (χ3v) is 14.0. The van der Waals surface area contributed by atoms with Gasteiger partial charge in [-0.25, -0.2) is 9.97 Å². The third-order valence-electron chi connectivity index (χ3n) is 14.0. The number of hydrogen-bond acceptors (Lipinski definition) is 5. The Labute approximate surface area is 375 Å². The fourth-order valence-electron chi connectivity index (χ4n) is 10.5. The molecule has 0 aliphatic heterocycles. The molecule has 4 aromatic heterocycles. The number of para-hydroxylation sites is 4. The lowest BCUT2D eigenvalue weighted by Crippen LogP contribution is -2.33. The van der Waals surface area contributed by atoms with Crippen molar-refractivity contribution in [3.8, 4) is 45.9 Å². The van der Waals surface area contributed by atoms with E-state index in [9.17, 15) is 0 Å². The molecule has 0 unspecified atom stereocenters. The molecule has 12 aromatic rings. The van der Waals surface area contributed by atoms with Crippen LogP contribution >= 0.6 is 0 Å². The molecular formula is C58H44N6O. The second-order valence-corrected chi connectivity index (χ2v) is 19.0. The van der Waals surface area contributed by atoms with Crippen molar-refractivity contribution in [1.29, 1.82) is 0 Å². The highest BCUT2D eigenvalue weighted by atomic mass is 16.3. The highest BCUT2D eigenvalue weighted by Gasteiger charge is 2.38. The standard InChI is InChI=1S/C58H44N6O/c1-57(2)29-30-58(3,4)46-34-49-44(33-45(46)57)43-28-27-42-41-21-10-12-23-48(41)63(40-19-6-5-7-20-40)51(42)52(43)64(49)56-61-53(60-54(62-56)38-26-25-35-15-8-9-16-36(35)31-38)37-17-14-18-39(32-37)55-59-47-22-11-13-24-50(47)65-55/h5-28,31-34H,29-30H2,1-4H3. The summed E-state index contributed by atoms with van der Waals surface area (Å²) >= 11 is 0. The number of oxazole rings is 1. The number of fused-ring (bicyclic) bond motifs is 10. The van der Waals surface area contributed by atoms with Gasteiger partial charge in [0, 0.05) is 43.9 Å². The van der Waals surface area contributed by atoms with Crippen molar-refractivity contribution >= 4 is 65.5 Å². The Balaban J connectivity index is 1.17. The fourth-order valence-corrected chi connectivity index (χ4v) is 10.5. The summed E-state index contributed by atoms with van der Waals surface area (Å²) in [5.74, 6) is 2.25. The molecule has 7 nitrogen and oxygen atoms in total. The Morgan fingerprint density at radius 2 is 1.09 bits per heavy atom. The van der Waals surface area contributed by atoms with Gasteiger partial charge in [-0.3, -0.25) is 4.57 Å². The fraction of sp³-hybridized carbons (Fsp3) is 0.138. The summed E-state index contributed by atoms with van der Waals surface area (Å²) in [7, 11) is 0. The van der Waals surface area contributed by atoms with E-state index in [1.807, 2.05) is 36.4 Å². The van der Waals surface area contributed by atoms with Gasteiger partial charge in [0.25, 0.3) is 0 Å². The SMILES string of the molecule is CC1(C)CCC(C)(C)c2cc3c(cc21)c1ccc2c4ccccc4n(-c4ccccc4)c2c1n3-c1nc(-c2cccc(-c3nc4ccccc4o3)c2)nc(-c2ccc3ccccc3c2)n1. The van der Waals surface area contributed by atoms with Gasteiger partial charge in [0.2, 0.25) is 11.8 Å². The van der Waals surface area contributed by atoms with Gasteiger partial charge >= 0.3 is 0 Å². The molecule has 0 radical (unpaired) electrons. The van der Waals surface area contributed by atoms with Crippen LogP contribution in [0.5, 0.6) is 0 Å². The Hall–Kier alpha value is -7.90. The topological polar surface area (TPSA) is 74.6 Å². The summed E-state index contributed by atoms with van der Waals surface area (Å²) in [5.41, 5.74) is 12.4. The average Bonchev–Trinajstić information content (AvgIpc) is 4.03. The molecule has 8 aromatic carbocycles. The van der Waals surface area contributed by atoms with E-state index in [1.165, 1.54) is 27.3 Å². The van der Waals surface area contributed by atoms with Gasteiger partial charge in [-0.1, -0.05) is 137 Å². The second kappa shape index (κ2) is 13.8. The molecule has 0 atom stereocenters. The summed E-state index contributed by atoms with van der Waals surface area (Å²) < 4.78 is 11.0. The van der Waals surface area contributed by atoms with Crippen molar-refractivity contribution in [1.82, 2.24) is 29.1 Å². The first kappa shape index (κ1) is 37.6. The van der Waals surface area contributed by atoms with Gasteiger partial charge in [0.1, 0.15) is 5.52 Å². The zero-order chi connectivity index (χ0) is 43.6. The molecule has 0 saturated carbocycles. The van der Waals surface area contributed by atoms with Crippen LogP contribution in [0.2, 0.25) is 0 Å². The lowest BCUT2D eigenvalue weighted by Gasteiger charge is -2.42. The van der Waals surface area contributed by atoms with Crippen molar-refractivity contribution in [2.45, 2.75) is 51.4 Å². The van der Waals surface area contributed by atoms with E-state index in [2.05, 4.69) is 170 Å². The predicted molar refractivity (Wildman–Crippen MR) is 265 cm³/mol. The van der Waals surface area contributed by atoms with E-state index in [0.29, 0.717) is 23.5 Å². The number of aromatic nitrogens is 6. The number of benzene rings is 8. The van der Waals surface area contributed by atoms with E-state index in [1.54, 1.807) is 0 Å². The number of hydrogen-bond donors (Lipinski definition) is 0. The van der Waals surface area contributed by atoms with Gasteiger partial charge in [-0.05, 0) is 106 Å². The van der Waals surface area contributed by atoms with Gasteiger partial charge in [-0.2, -0.15) is 9.97 Å². The molecule has 0 amide bonds. The smallest absolute Gasteiger partial charge is 0.238 e. The molecular weight excluding hydrogens is 797 g/mol. The second-order valence-electron chi connectivity index (χ2n) is 19.0. The van der Waals surface area contributed by atoms with Crippen molar-refractivity contribution in [3.63, 3.8) is 0 Å². The van der Waals surface area contributed by atoms with Crippen molar-refractivity contribution in [2.24, 2.45) is 0 Å². The molecule has 0 bridgehead atoms. The van der Waals surface area contributed by atoms with Crippen LogP contribution in [0.3, 0.4) is 0 Å². The normalized spacial score (nSPS) is 14.6. The van der Waals surface area contributed by atoms with E-state index in [4.69, 9.17) is 24.4 Å². The summed E-state index contributed by atoms with van der Waals surface area (Å²) in [6, 6.07) is 60.0. The molecule has 1 aliphatic rings. The molecule has 4 heterocycles. The van der Waals surface area contributed by atoms with Crippen LogP contribution < -0.4 is 0 Å². The average molecular weight is 841 g/mol. The summed E-state index contributed by atoms with van der Waals surface area (Å²) in [4.78, 5) is 21.2. The molecule has 1 aliphatic carbocycles. The Bertz CT molecular complexity index is 3870. The maximum atomic E-state index is 6.28. The maximum absolute atomic E-state index is 6.28. The third kappa shape index (κ3) is 5.81. The van der Waals surface area contributed by atoms with Gasteiger partial charge in [0.05, 0.1) is 22.1 Å². The molecule has 0 N–H and O–H groups in total. The molecule has 312 valence electrons. The predicted octanol–water partition coefficient (Wildman–Crippen LogP) is 14.7. The van der Waals surface area contributed by atoms with Crippen molar-refractivity contribution < 1.29 is 4.42 Å². The minimum Gasteiger partial charge on any atom is -0.436 e. The summed E-state index contributed by atoms with van der Waals surface area (Å²) in [6.07, 6.45) is 2.22. The van der Waals surface area contributed by atoms with Crippen molar-refractivity contribution in [2.75, 3.05) is 0 Å². The Morgan fingerprint density at radius 3 is 1.89 bits per heavy atom. The first-order valence-corrected chi connectivity index (χ1v) is 22.5. The van der Waals surface area contributed by atoms with Crippen LogP contribution in [-0.4, -0.2) is 29.1 Å². The Kier molecular flexibility index (Phi) is 7.99. The van der Waals surface area contributed by atoms with Crippen molar-refractivity contribution in [3.05, 3.63) is 181 Å². The van der Waals surface area contributed by atoms with E-state index in [0.717, 1.165) is 84.5 Å². The Morgan fingerprint density at radius 1 is 0.446 bits per heavy atom. The number of nitrogens with zero attached hydrogens (tertiary/aromatic N) is 6. The van der Waals surface area contributed by atoms with Crippen LogP contribution in [0.15, 0.2) is 174 Å². The monoisotopic (exact) mass is 840 g/mol. The van der Waals surface area contributed by atoms with Crippen LogP contribution in [0.25, 0.3) is 111 Å². The van der Waals surface area contributed by atoms with E-state index >= 15 is 0 Å². The molecule has 0 spiro atoms. The molecule has 0 fully saturated rings.